The lowest BCUT2D eigenvalue weighted by molar-refractivity contribution is 0.206. The van der Waals surface area contributed by atoms with Crippen LogP contribution in [0.25, 0.3) is 11.1 Å². The minimum atomic E-state index is -0.694. The maximum atomic E-state index is 14.6. The van der Waals surface area contributed by atoms with Crippen molar-refractivity contribution in [2.45, 2.75) is 58.8 Å². The van der Waals surface area contributed by atoms with Crippen LogP contribution in [0, 0.1) is 35.2 Å². The number of hydrogen-bond donors (Lipinski definition) is 0. The summed E-state index contributed by atoms with van der Waals surface area (Å²) in [6.07, 6.45) is 8.64. The van der Waals surface area contributed by atoms with E-state index in [1.165, 1.54) is 56.7 Å². The van der Waals surface area contributed by atoms with E-state index in [9.17, 15) is 13.2 Å². The first-order valence-electron chi connectivity index (χ1n) is 10.2. The van der Waals surface area contributed by atoms with E-state index in [0.29, 0.717) is 11.8 Å². The fraction of sp³-hybridized carbons (Fsp3) is 0.500. The van der Waals surface area contributed by atoms with Gasteiger partial charge in [0.2, 0.25) is 0 Å². The molecule has 0 aromatic heterocycles. The van der Waals surface area contributed by atoms with E-state index in [4.69, 9.17) is 0 Å². The van der Waals surface area contributed by atoms with Gasteiger partial charge in [-0.2, -0.15) is 0 Å². The zero-order valence-electron chi connectivity index (χ0n) is 16.3. The topological polar surface area (TPSA) is 0 Å². The zero-order chi connectivity index (χ0) is 19.4. The van der Waals surface area contributed by atoms with E-state index in [2.05, 4.69) is 13.8 Å². The zero-order valence-corrected chi connectivity index (χ0v) is 16.3. The quantitative estimate of drug-likeness (QED) is 0.489. The molecular weight excluding hydrogens is 345 g/mol. The lowest BCUT2D eigenvalue weighted by Crippen LogP contribution is -2.21. The molecule has 2 aromatic carbocycles. The van der Waals surface area contributed by atoms with Gasteiger partial charge < -0.3 is 0 Å². The second kappa shape index (κ2) is 8.95. The molecule has 0 heterocycles. The smallest absolute Gasteiger partial charge is 0.131 e. The van der Waals surface area contributed by atoms with E-state index in [-0.39, 0.29) is 11.1 Å². The van der Waals surface area contributed by atoms with Gasteiger partial charge in [-0.25, -0.2) is 13.2 Å². The van der Waals surface area contributed by atoms with Crippen molar-refractivity contribution in [2.24, 2.45) is 17.8 Å². The molecular formula is C24H29F3. The van der Waals surface area contributed by atoms with Crippen LogP contribution in [-0.4, -0.2) is 0 Å². The van der Waals surface area contributed by atoms with Crippen molar-refractivity contribution in [3.05, 3.63) is 59.4 Å². The first-order chi connectivity index (χ1) is 13.0. The first kappa shape index (κ1) is 20.0. The molecule has 0 N–H and O–H groups in total. The Balaban J connectivity index is 1.65. The summed E-state index contributed by atoms with van der Waals surface area (Å²) in [6, 6.07) is 8.19. The second-order valence-corrected chi connectivity index (χ2v) is 8.22. The molecule has 0 bridgehead atoms. The van der Waals surface area contributed by atoms with E-state index in [1.807, 2.05) is 6.07 Å². The molecule has 27 heavy (non-hydrogen) atoms. The number of hydrogen-bond acceptors (Lipinski definition) is 0. The molecule has 1 aliphatic carbocycles. The van der Waals surface area contributed by atoms with Gasteiger partial charge in [-0.3, -0.25) is 0 Å². The third-order valence-corrected chi connectivity index (χ3v) is 6.16. The van der Waals surface area contributed by atoms with Gasteiger partial charge >= 0.3 is 0 Å². The highest BCUT2D eigenvalue weighted by Gasteiger charge is 2.25. The molecule has 2 aromatic rings. The average molecular weight is 374 g/mol. The largest absolute Gasteiger partial charge is 0.207 e. The lowest BCUT2D eigenvalue weighted by Gasteiger charge is -2.32. The van der Waals surface area contributed by atoms with E-state index in [0.717, 1.165) is 24.0 Å². The summed E-state index contributed by atoms with van der Waals surface area (Å²) in [7, 11) is 0. The van der Waals surface area contributed by atoms with Crippen molar-refractivity contribution < 1.29 is 13.2 Å². The van der Waals surface area contributed by atoms with Crippen molar-refractivity contribution in [2.75, 3.05) is 0 Å². The Hall–Kier alpha value is -1.77. The summed E-state index contributed by atoms with van der Waals surface area (Å²) in [4.78, 5) is 0. The second-order valence-electron chi connectivity index (χ2n) is 8.22. The monoisotopic (exact) mass is 374 g/mol. The van der Waals surface area contributed by atoms with Crippen LogP contribution in [-0.2, 0) is 6.42 Å². The normalized spacial score (nSPS) is 21.2. The van der Waals surface area contributed by atoms with E-state index in [1.54, 1.807) is 6.07 Å². The molecule has 1 aliphatic rings. The predicted molar refractivity (Wildman–Crippen MR) is 105 cm³/mol. The molecule has 146 valence electrons. The molecule has 1 atom stereocenters. The van der Waals surface area contributed by atoms with Gasteiger partial charge in [0.15, 0.2) is 0 Å². The minimum absolute atomic E-state index is 0.235. The average Bonchev–Trinajstić information content (AvgIpc) is 2.62. The first-order valence-corrected chi connectivity index (χ1v) is 10.2. The lowest BCUT2D eigenvalue weighted by atomic mass is 9.73. The number of halogens is 3. The van der Waals surface area contributed by atoms with Crippen LogP contribution < -0.4 is 0 Å². The Morgan fingerprint density at radius 1 is 0.926 bits per heavy atom. The van der Waals surface area contributed by atoms with Crippen LogP contribution in [0.2, 0.25) is 0 Å². The Kier molecular flexibility index (Phi) is 6.62. The molecule has 0 radical (unpaired) electrons. The van der Waals surface area contributed by atoms with Gasteiger partial charge in [0.25, 0.3) is 0 Å². The Morgan fingerprint density at radius 2 is 1.59 bits per heavy atom. The minimum Gasteiger partial charge on any atom is -0.207 e. The molecule has 0 nitrogen and oxygen atoms in total. The molecule has 0 saturated heterocycles. The third kappa shape index (κ3) is 5.15. The molecule has 1 unspecified atom stereocenters. The maximum absolute atomic E-state index is 14.6. The van der Waals surface area contributed by atoms with Crippen molar-refractivity contribution >= 4 is 0 Å². The summed E-state index contributed by atoms with van der Waals surface area (Å²) in [5.41, 5.74) is 1.43. The molecule has 1 saturated carbocycles. The van der Waals surface area contributed by atoms with Gasteiger partial charge in [0, 0.05) is 11.6 Å². The Bertz CT molecular complexity index is 740. The molecule has 0 spiro atoms. The van der Waals surface area contributed by atoms with Crippen molar-refractivity contribution in [3.63, 3.8) is 0 Å². The van der Waals surface area contributed by atoms with Crippen molar-refractivity contribution in [3.8, 4) is 11.1 Å². The SMILES string of the molecule is CCCC1CCC(C(C)Cc2ccc(-c3cc(F)cc(F)c3)c(F)c2)CC1. The van der Waals surface area contributed by atoms with Gasteiger partial charge in [-0.1, -0.05) is 51.7 Å². The third-order valence-electron chi connectivity index (χ3n) is 6.16. The molecule has 3 heteroatoms. The van der Waals surface area contributed by atoms with Crippen molar-refractivity contribution in [1.82, 2.24) is 0 Å². The van der Waals surface area contributed by atoms with E-state index < -0.39 is 17.5 Å². The van der Waals surface area contributed by atoms with Crippen LogP contribution in [0.4, 0.5) is 13.2 Å². The fourth-order valence-corrected chi connectivity index (χ4v) is 4.62. The summed E-state index contributed by atoms with van der Waals surface area (Å²) in [6.45, 7) is 4.52. The highest BCUT2D eigenvalue weighted by atomic mass is 19.1. The summed E-state index contributed by atoms with van der Waals surface area (Å²) in [5.74, 6) is 0.308. The van der Waals surface area contributed by atoms with Crippen LogP contribution in [0.3, 0.4) is 0 Å². The highest BCUT2D eigenvalue weighted by molar-refractivity contribution is 5.64. The van der Waals surface area contributed by atoms with Crippen LogP contribution in [0.15, 0.2) is 36.4 Å². The van der Waals surface area contributed by atoms with Gasteiger partial charge in [0.05, 0.1) is 0 Å². The Morgan fingerprint density at radius 3 is 2.19 bits per heavy atom. The summed E-state index contributed by atoms with van der Waals surface area (Å²) >= 11 is 0. The van der Waals surface area contributed by atoms with Crippen LogP contribution >= 0.6 is 0 Å². The van der Waals surface area contributed by atoms with Crippen molar-refractivity contribution in [1.29, 1.82) is 0 Å². The van der Waals surface area contributed by atoms with Gasteiger partial charge in [0.1, 0.15) is 17.5 Å². The van der Waals surface area contributed by atoms with Crippen LogP contribution in [0.1, 0.15) is 57.9 Å². The fourth-order valence-electron chi connectivity index (χ4n) is 4.62. The molecule has 0 amide bonds. The summed E-state index contributed by atoms with van der Waals surface area (Å²) < 4.78 is 41.4. The number of benzene rings is 2. The maximum Gasteiger partial charge on any atom is 0.131 e. The van der Waals surface area contributed by atoms with Gasteiger partial charge in [-0.15, -0.1) is 0 Å². The van der Waals surface area contributed by atoms with E-state index >= 15 is 0 Å². The Labute approximate surface area is 160 Å². The van der Waals surface area contributed by atoms with Gasteiger partial charge in [-0.05, 0) is 66.3 Å². The predicted octanol–water partition coefficient (Wildman–Crippen LogP) is 7.56. The molecule has 3 rings (SSSR count). The molecule has 0 aliphatic heterocycles. The van der Waals surface area contributed by atoms with Crippen LogP contribution in [0.5, 0.6) is 0 Å². The standard InChI is InChI=1S/C24H29F3/c1-3-4-17-5-8-19(9-6-17)16(2)11-18-7-10-23(24(27)12-18)20-13-21(25)15-22(26)14-20/h7,10,12-17,19H,3-6,8-9,11H2,1-2H3. The summed E-state index contributed by atoms with van der Waals surface area (Å²) in [5, 5.41) is 0. The highest BCUT2D eigenvalue weighted by Crippen LogP contribution is 2.37. The number of rotatable bonds is 6. The molecule has 1 fully saturated rings.